The molecule has 1 amide bonds. The Morgan fingerprint density at radius 2 is 1.73 bits per heavy atom. The maximum atomic E-state index is 12.7. The summed E-state index contributed by atoms with van der Waals surface area (Å²) in [4.78, 5) is 32.1. The number of methoxy groups -OCH3 is 1. The Morgan fingerprint density at radius 1 is 0.977 bits per heavy atom. The van der Waals surface area contributed by atoms with Gasteiger partial charge in [-0.2, -0.15) is 0 Å². The van der Waals surface area contributed by atoms with E-state index in [1.807, 2.05) is 54.9 Å². The molecule has 0 radical (unpaired) electrons. The highest BCUT2D eigenvalue weighted by Gasteiger charge is 2.28. The van der Waals surface area contributed by atoms with Crippen molar-refractivity contribution in [3.8, 4) is 17.1 Å². The number of pyridine rings is 2. The van der Waals surface area contributed by atoms with Gasteiger partial charge in [0.2, 0.25) is 0 Å². The lowest BCUT2D eigenvalue weighted by molar-refractivity contribution is 0.0951. The molecule has 44 heavy (non-hydrogen) atoms. The van der Waals surface area contributed by atoms with E-state index in [2.05, 4.69) is 43.4 Å². The molecule has 1 aliphatic rings. The van der Waals surface area contributed by atoms with Gasteiger partial charge in [0.25, 0.3) is 5.91 Å². The largest absolute Gasteiger partial charge is 0.497 e. The van der Waals surface area contributed by atoms with Gasteiger partial charge in [0.15, 0.2) is 0 Å². The van der Waals surface area contributed by atoms with Crippen LogP contribution in [0.15, 0.2) is 85.5 Å². The lowest BCUT2D eigenvalue weighted by Crippen LogP contribution is -2.31. The van der Waals surface area contributed by atoms with E-state index in [9.17, 15) is 4.79 Å². The van der Waals surface area contributed by atoms with Crippen LogP contribution >= 0.6 is 23.2 Å². The number of halogens is 2. The van der Waals surface area contributed by atoms with Gasteiger partial charge in [0.05, 0.1) is 34.5 Å². The van der Waals surface area contributed by atoms with Crippen LogP contribution in [0.25, 0.3) is 11.4 Å². The fourth-order valence-electron chi connectivity index (χ4n) is 5.67. The van der Waals surface area contributed by atoms with E-state index in [0.29, 0.717) is 13.1 Å². The number of hydrogen-bond acceptors (Lipinski definition) is 6. The summed E-state index contributed by atoms with van der Waals surface area (Å²) in [7, 11) is 1.66. The van der Waals surface area contributed by atoms with E-state index in [4.69, 9.17) is 32.9 Å². The number of hydrogen-bond donors (Lipinski definition) is 2. The van der Waals surface area contributed by atoms with Gasteiger partial charge >= 0.3 is 0 Å². The summed E-state index contributed by atoms with van der Waals surface area (Å²) in [5, 5.41) is 3.34. The number of H-pyrrole nitrogens is 1. The third-order valence-corrected chi connectivity index (χ3v) is 8.49. The van der Waals surface area contributed by atoms with E-state index in [1.54, 1.807) is 7.11 Å². The highest BCUT2D eigenvalue weighted by atomic mass is 35.5. The van der Waals surface area contributed by atoms with Gasteiger partial charge < -0.3 is 15.0 Å². The van der Waals surface area contributed by atoms with Gasteiger partial charge in [-0.3, -0.25) is 19.7 Å². The number of imidazole rings is 1. The van der Waals surface area contributed by atoms with E-state index in [0.717, 1.165) is 59.9 Å². The zero-order valence-electron chi connectivity index (χ0n) is 24.3. The fraction of sp³-hybridized carbons (Fsp3) is 0.235. The van der Waals surface area contributed by atoms with Gasteiger partial charge in [0.1, 0.15) is 11.6 Å². The molecule has 0 aliphatic heterocycles. The molecule has 1 unspecified atom stereocenters. The number of fused-ring (bicyclic) bond motifs is 1. The number of nitrogens with zero attached hydrogens (tertiary/aromatic N) is 4. The Balaban J connectivity index is 1.19. The van der Waals surface area contributed by atoms with Crippen LogP contribution in [0.3, 0.4) is 0 Å². The average molecular weight is 628 g/mol. The normalized spacial score (nSPS) is 14.3. The molecule has 8 nitrogen and oxygen atoms in total. The summed E-state index contributed by atoms with van der Waals surface area (Å²) in [5.74, 6) is 1.30. The second-order valence-electron chi connectivity index (χ2n) is 10.8. The van der Waals surface area contributed by atoms with Gasteiger partial charge in [-0.1, -0.05) is 53.5 Å². The number of nitrogens with one attached hydrogen (secondary N) is 2. The Morgan fingerprint density at radius 3 is 2.48 bits per heavy atom. The molecule has 1 atom stereocenters. The molecule has 3 heterocycles. The molecule has 6 rings (SSSR count). The van der Waals surface area contributed by atoms with Gasteiger partial charge in [0, 0.05) is 55.7 Å². The third kappa shape index (κ3) is 6.78. The molecule has 3 aromatic heterocycles. The summed E-state index contributed by atoms with van der Waals surface area (Å²) in [6.07, 6.45) is 9.83. The van der Waals surface area contributed by atoms with Crippen molar-refractivity contribution in [3.05, 3.63) is 129 Å². The number of rotatable bonds is 10. The van der Waals surface area contributed by atoms with Crippen molar-refractivity contribution in [2.24, 2.45) is 0 Å². The number of carbonyl (C=O) groups excluding carboxylic acids is 1. The maximum Gasteiger partial charge on any atom is 0.254 e. The maximum absolute atomic E-state index is 12.7. The minimum absolute atomic E-state index is 0.182. The number of benzene rings is 2. The van der Waals surface area contributed by atoms with Gasteiger partial charge in [-0.05, 0) is 66.3 Å². The molecule has 0 saturated heterocycles. The predicted octanol–water partition coefficient (Wildman–Crippen LogP) is 7.19. The number of ether oxygens (including phenoxy) is 1. The molecular weight excluding hydrogens is 595 g/mol. The second-order valence-corrected chi connectivity index (χ2v) is 11.6. The Bertz CT molecular complexity index is 1720. The van der Waals surface area contributed by atoms with Crippen molar-refractivity contribution in [3.63, 3.8) is 0 Å². The monoisotopic (exact) mass is 626 g/mol. The van der Waals surface area contributed by atoms with Crippen molar-refractivity contribution in [2.75, 3.05) is 7.11 Å². The Kier molecular flexibility index (Phi) is 9.21. The number of amides is 1. The van der Waals surface area contributed by atoms with Crippen LogP contribution in [0.4, 0.5) is 0 Å². The Labute approximate surface area is 266 Å². The third-order valence-electron chi connectivity index (χ3n) is 7.91. The summed E-state index contributed by atoms with van der Waals surface area (Å²) >= 11 is 12.3. The summed E-state index contributed by atoms with van der Waals surface area (Å²) in [6, 6.07) is 20.6. The van der Waals surface area contributed by atoms with E-state index >= 15 is 0 Å². The molecule has 1 aliphatic carbocycles. The first-order valence-corrected chi connectivity index (χ1v) is 15.2. The van der Waals surface area contributed by atoms with Crippen molar-refractivity contribution in [2.45, 2.75) is 44.9 Å². The molecule has 0 saturated carbocycles. The summed E-state index contributed by atoms with van der Waals surface area (Å²) in [6.45, 7) is 1.77. The number of aryl methyl sites for hydroxylation is 1. The quantitative estimate of drug-likeness (QED) is 0.170. The molecular formula is C34H32Cl2N6O2. The first-order valence-electron chi connectivity index (χ1n) is 14.5. The lowest BCUT2D eigenvalue weighted by atomic mass is 9.90. The highest BCUT2D eigenvalue weighted by Crippen LogP contribution is 2.35. The lowest BCUT2D eigenvalue weighted by Gasteiger charge is -2.35. The number of aromatic nitrogens is 4. The average Bonchev–Trinajstić information content (AvgIpc) is 3.52. The predicted molar refractivity (Wildman–Crippen MR) is 172 cm³/mol. The van der Waals surface area contributed by atoms with Crippen LogP contribution in [0.1, 0.15) is 57.3 Å². The van der Waals surface area contributed by atoms with Crippen molar-refractivity contribution in [1.29, 1.82) is 0 Å². The fourth-order valence-corrected chi connectivity index (χ4v) is 6.20. The molecule has 2 aromatic carbocycles. The summed E-state index contributed by atoms with van der Waals surface area (Å²) in [5.41, 5.74) is 6.87. The van der Waals surface area contributed by atoms with Crippen LogP contribution in [0.2, 0.25) is 10.0 Å². The van der Waals surface area contributed by atoms with Crippen molar-refractivity contribution >= 4 is 29.1 Å². The first kappa shape index (κ1) is 29.8. The SMILES string of the molecule is COc1ccc(-c2ncc(CN(Cc3ccc(CNC(=O)c4c(Cl)cncc4Cl)cc3)C3CCCc4cccnc43)[nH]2)cc1. The smallest absolute Gasteiger partial charge is 0.254 e. The van der Waals surface area contributed by atoms with Gasteiger partial charge in [-0.15, -0.1) is 0 Å². The van der Waals surface area contributed by atoms with Crippen LogP contribution in [0, 0.1) is 0 Å². The van der Waals surface area contributed by atoms with E-state index in [1.165, 1.54) is 23.5 Å². The van der Waals surface area contributed by atoms with Crippen LogP contribution < -0.4 is 10.1 Å². The molecule has 224 valence electrons. The van der Waals surface area contributed by atoms with Crippen LogP contribution in [-0.4, -0.2) is 37.9 Å². The van der Waals surface area contributed by atoms with Crippen molar-refractivity contribution < 1.29 is 9.53 Å². The molecule has 10 heteroatoms. The van der Waals surface area contributed by atoms with E-state index in [-0.39, 0.29) is 27.6 Å². The number of carbonyl (C=O) groups is 1. The molecule has 2 N–H and O–H groups in total. The molecule has 5 aromatic rings. The summed E-state index contributed by atoms with van der Waals surface area (Å²) < 4.78 is 5.30. The van der Waals surface area contributed by atoms with Gasteiger partial charge in [-0.25, -0.2) is 4.98 Å². The minimum atomic E-state index is -0.338. The van der Waals surface area contributed by atoms with Crippen LogP contribution in [-0.2, 0) is 26.1 Å². The van der Waals surface area contributed by atoms with E-state index < -0.39 is 0 Å². The standard InChI is InChI=1S/C34H32Cl2N6O2/c1-44-27-13-11-25(12-14-27)33-39-17-26(41-33)21-42(30-6-2-4-24-5-3-15-38-32(24)30)20-23-9-7-22(8-10-23)16-40-34(43)31-28(35)18-37-19-29(31)36/h3,5,7-15,17-19,30H,2,4,6,16,20-21H2,1H3,(H,39,41)(H,40,43). The molecule has 0 fully saturated rings. The topological polar surface area (TPSA) is 96.0 Å². The Hall–Kier alpha value is -4.24. The first-order chi connectivity index (χ1) is 21.5. The number of aromatic amines is 1. The zero-order chi connectivity index (χ0) is 30.5. The highest BCUT2D eigenvalue weighted by molar-refractivity contribution is 6.39. The van der Waals surface area contributed by atoms with Crippen LogP contribution in [0.5, 0.6) is 5.75 Å². The second kappa shape index (κ2) is 13.6. The molecule has 0 spiro atoms. The molecule has 0 bridgehead atoms. The van der Waals surface area contributed by atoms with Crippen molar-refractivity contribution in [1.82, 2.24) is 30.2 Å². The zero-order valence-corrected chi connectivity index (χ0v) is 25.8. The minimum Gasteiger partial charge on any atom is -0.497 e.